The molecule has 2 nitrogen and oxygen atoms in total. The van der Waals surface area contributed by atoms with Crippen molar-refractivity contribution in [2.45, 2.75) is 38.5 Å². The van der Waals surface area contributed by atoms with E-state index in [1.807, 2.05) is 0 Å². The summed E-state index contributed by atoms with van der Waals surface area (Å²) in [5, 5.41) is 3.44. The lowest BCUT2D eigenvalue weighted by molar-refractivity contribution is 0.292. The Labute approximate surface area is 88.1 Å². The van der Waals surface area contributed by atoms with E-state index in [2.05, 4.69) is 10.2 Å². The Bertz CT molecular complexity index is 146. The first-order chi connectivity index (χ1) is 6.95. The first-order valence-electron chi connectivity index (χ1n) is 6.38. The molecule has 14 heavy (non-hydrogen) atoms. The quantitative estimate of drug-likeness (QED) is 0.738. The van der Waals surface area contributed by atoms with Gasteiger partial charge < -0.3 is 10.2 Å². The first kappa shape index (κ1) is 10.4. The van der Waals surface area contributed by atoms with Crippen LogP contribution in [0, 0.1) is 5.92 Å². The number of hydrogen-bond donors (Lipinski definition) is 1. The summed E-state index contributed by atoms with van der Waals surface area (Å²) in [5.41, 5.74) is 0. The number of likely N-dealkylation sites (tertiary alicyclic amines) is 1. The molecule has 0 unspecified atom stereocenters. The largest absolute Gasteiger partial charge is 0.317 e. The van der Waals surface area contributed by atoms with E-state index >= 15 is 0 Å². The van der Waals surface area contributed by atoms with Crippen LogP contribution in [-0.4, -0.2) is 37.6 Å². The highest BCUT2D eigenvalue weighted by atomic mass is 15.1. The van der Waals surface area contributed by atoms with Crippen molar-refractivity contribution < 1.29 is 0 Å². The standard InChI is InChI=1S/C12H24N2/c1-2-10-14(9-1)11-3-4-12-5-7-13-8-6-12/h12-13H,1-11H2. The van der Waals surface area contributed by atoms with Crippen LogP contribution in [-0.2, 0) is 0 Å². The third kappa shape index (κ3) is 3.25. The Morgan fingerprint density at radius 2 is 1.79 bits per heavy atom. The van der Waals surface area contributed by atoms with Gasteiger partial charge in [-0.05, 0) is 77.2 Å². The Balaban J connectivity index is 1.52. The average Bonchev–Trinajstić information content (AvgIpc) is 2.72. The van der Waals surface area contributed by atoms with Crippen LogP contribution in [0.1, 0.15) is 38.5 Å². The van der Waals surface area contributed by atoms with Crippen LogP contribution in [0.15, 0.2) is 0 Å². The van der Waals surface area contributed by atoms with E-state index in [0.29, 0.717) is 0 Å². The zero-order valence-electron chi connectivity index (χ0n) is 9.30. The molecule has 0 bridgehead atoms. The molecule has 2 aliphatic heterocycles. The summed E-state index contributed by atoms with van der Waals surface area (Å²) in [5.74, 6) is 1.03. The lowest BCUT2D eigenvalue weighted by Crippen LogP contribution is -2.28. The van der Waals surface area contributed by atoms with Gasteiger partial charge in [0.05, 0.1) is 0 Å². The molecule has 0 aliphatic carbocycles. The smallest absolute Gasteiger partial charge is 0.00183 e. The van der Waals surface area contributed by atoms with Gasteiger partial charge >= 0.3 is 0 Å². The second-order valence-electron chi connectivity index (χ2n) is 4.88. The number of hydrogen-bond acceptors (Lipinski definition) is 2. The predicted octanol–water partition coefficient (Wildman–Crippen LogP) is 1.86. The van der Waals surface area contributed by atoms with Gasteiger partial charge in [-0.15, -0.1) is 0 Å². The third-order valence-corrected chi connectivity index (χ3v) is 3.74. The van der Waals surface area contributed by atoms with E-state index in [1.54, 1.807) is 0 Å². The van der Waals surface area contributed by atoms with Crippen LogP contribution >= 0.6 is 0 Å². The summed E-state index contributed by atoms with van der Waals surface area (Å²) < 4.78 is 0. The second-order valence-corrected chi connectivity index (χ2v) is 4.88. The lowest BCUT2D eigenvalue weighted by atomic mass is 9.93. The van der Waals surface area contributed by atoms with E-state index in [9.17, 15) is 0 Å². The second kappa shape index (κ2) is 5.72. The molecule has 0 aromatic heterocycles. The minimum Gasteiger partial charge on any atom is -0.317 e. The molecule has 0 radical (unpaired) electrons. The van der Waals surface area contributed by atoms with Gasteiger partial charge in [0.25, 0.3) is 0 Å². The lowest BCUT2D eigenvalue weighted by Gasteiger charge is -2.23. The van der Waals surface area contributed by atoms with Gasteiger partial charge in [-0.1, -0.05) is 0 Å². The molecule has 0 saturated carbocycles. The number of piperidine rings is 1. The zero-order valence-corrected chi connectivity index (χ0v) is 9.30. The highest BCUT2D eigenvalue weighted by Gasteiger charge is 2.14. The van der Waals surface area contributed by atoms with Crippen LogP contribution in [0.4, 0.5) is 0 Å². The fourth-order valence-corrected chi connectivity index (χ4v) is 2.78. The molecule has 2 saturated heterocycles. The van der Waals surface area contributed by atoms with Crippen LogP contribution in [0.3, 0.4) is 0 Å². The molecule has 2 aliphatic rings. The van der Waals surface area contributed by atoms with E-state index < -0.39 is 0 Å². The van der Waals surface area contributed by atoms with Crippen LogP contribution in [0.2, 0.25) is 0 Å². The van der Waals surface area contributed by atoms with Crippen molar-refractivity contribution in [3.63, 3.8) is 0 Å². The van der Waals surface area contributed by atoms with E-state index in [4.69, 9.17) is 0 Å². The number of nitrogens with one attached hydrogen (secondary N) is 1. The summed E-state index contributed by atoms with van der Waals surface area (Å²) in [6.07, 6.45) is 8.61. The monoisotopic (exact) mass is 196 g/mol. The fourth-order valence-electron chi connectivity index (χ4n) is 2.78. The molecule has 0 aromatic carbocycles. The Morgan fingerprint density at radius 1 is 1.07 bits per heavy atom. The summed E-state index contributed by atoms with van der Waals surface area (Å²) >= 11 is 0. The van der Waals surface area contributed by atoms with Gasteiger partial charge in [0.2, 0.25) is 0 Å². The normalized spacial score (nSPS) is 25.7. The average molecular weight is 196 g/mol. The molecule has 0 atom stereocenters. The summed E-state index contributed by atoms with van der Waals surface area (Å²) in [6.45, 7) is 6.62. The molecule has 2 rings (SSSR count). The zero-order chi connectivity index (χ0) is 9.64. The van der Waals surface area contributed by atoms with E-state index in [1.165, 1.54) is 71.2 Å². The summed E-state index contributed by atoms with van der Waals surface area (Å²) in [7, 11) is 0. The Morgan fingerprint density at radius 3 is 2.50 bits per heavy atom. The van der Waals surface area contributed by atoms with Crippen molar-refractivity contribution >= 4 is 0 Å². The molecule has 82 valence electrons. The molecule has 0 spiro atoms. The van der Waals surface area contributed by atoms with Crippen LogP contribution in [0.25, 0.3) is 0 Å². The van der Waals surface area contributed by atoms with E-state index in [0.717, 1.165) is 5.92 Å². The highest BCUT2D eigenvalue weighted by Crippen LogP contribution is 2.18. The van der Waals surface area contributed by atoms with Crippen LogP contribution in [0.5, 0.6) is 0 Å². The van der Waals surface area contributed by atoms with Crippen molar-refractivity contribution in [1.82, 2.24) is 10.2 Å². The van der Waals surface area contributed by atoms with Crippen LogP contribution < -0.4 is 5.32 Å². The minimum absolute atomic E-state index is 1.03. The molecule has 0 aromatic rings. The number of rotatable bonds is 4. The molecule has 1 N–H and O–H groups in total. The third-order valence-electron chi connectivity index (χ3n) is 3.74. The van der Waals surface area contributed by atoms with Gasteiger partial charge in [0, 0.05) is 0 Å². The molecule has 2 fully saturated rings. The first-order valence-corrected chi connectivity index (χ1v) is 6.38. The maximum absolute atomic E-state index is 3.44. The Hall–Kier alpha value is -0.0800. The molecular formula is C12H24N2. The predicted molar refractivity (Wildman–Crippen MR) is 60.5 cm³/mol. The topological polar surface area (TPSA) is 15.3 Å². The maximum atomic E-state index is 3.44. The highest BCUT2D eigenvalue weighted by molar-refractivity contribution is 4.70. The Kier molecular flexibility index (Phi) is 4.26. The summed E-state index contributed by atoms with van der Waals surface area (Å²) in [4.78, 5) is 2.64. The molecule has 0 amide bonds. The minimum atomic E-state index is 1.03. The van der Waals surface area contributed by atoms with Crippen molar-refractivity contribution in [2.24, 2.45) is 5.92 Å². The van der Waals surface area contributed by atoms with Gasteiger partial charge in [-0.2, -0.15) is 0 Å². The fraction of sp³-hybridized carbons (Fsp3) is 1.00. The molecular weight excluding hydrogens is 172 g/mol. The van der Waals surface area contributed by atoms with E-state index in [-0.39, 0.29) is 0 Å². The van der Waals surface area contributed by atoms with Gasteiger partial charge in [0.1, 0.15) is 0 Å². The SMILES string of the molecule is C1CCN(CCCC2CCNCC2)C1. The van der Waals surface area contributed by atoms with Crippen molar-refractivity contribution in [3.05, 3.63) is 0 Å². The van der Waals surface area contributed by atoms with Crippen molar-refractivity contribution in [1.29, 1.82) is 0 Å². The van der Waals surface area contributed by atoms with Crippen molar-refractivity contribution in [3.8, 4) is 0 Å². The molecule has 2 heteroatoms. The van der Waals surface area contributed by atoms with Crippen molar-refractivity contribution in [2.75, 3.05) is 32.7 Å². The van der Waals surface area contributed by atoms with Gasteiger partial charge in [-0.3, -0.25) is 0 Å². The maximum Gasteiger partial charge on any atom is -0.00183 e. The van der Waals surface area contributed by atoms with Gasteiger partial charge in [0.15, 0.2) is 0 Å². The van der Waals surface area contributed by atoms with Gasteiger partial charge in [-0.25, -0.2) is 0 Å². The summed E-state index contributed by atoms with van der Waals surface area (Å²) in [6, 6.07) is 0. The number of nitrogens with zero attached hydrogens (tertiary/aromatic N) is 1. The molecule has 2 heterocycles.